The molecule has 1 N–H and O–H groups in total. The molecule has 1 aromatic carbocycles. The fourth-order valence-corrected chi connectivity index (χ4v) is 2.97. The Kier molecular flexibility index (Phi) is 4.78. The highest BCUT2D eigenvalue weighted by atomic mass is 32.2. The van der Waals surface area contributed by atoms with Gasteiger partial charge in [-0.15, -0.1) is 0 Å². The van der Waals surface area contributed by atoms with E-state index in [-0.39, 0.29) is 15.9 Å². The molecule has 0 aliphatic heterocycles. The summed E-state index contributed by atoms with van der Waals surface area (Å²) in [6.45, 7) is 3.28. The molecular formula is C9H12NO5S2-. The van der Waals surface area contributed by atoms with E-state index in [1.165, 1.54) is 24.3 Å². The van der Waals surface area contributed by atoms with Crippen molar-refractivity contribution in [2.45, 2.75) is 29.7 Å². The van der Waals surface area contributed by atoms with Crippen LogP contribution < -0.4 is 4.89 Å². The fourth-order valence-electron chi connectivity index (χ4n) is 1.01. The van der Waals surface area contributed by atoms with Gasteiger partial charge in [0.05, 0.1) is 11.0 Å². The molecule has 0 aliphatic rings. The lowest BCUT2D eigenvalue weighted by Gasteiger charge is -2.13. The Balaban J connectivity index is 3.11. The minimum absolute atomic E-state index is 0.299. The molecule has 0 heterocycles. The Morgan fingerprint density at radius 2 is 1.94 bits per heavy atom. The SMILES string of the molecule is CC(C)ONS(=O)(=O)c1ccccc1S(=O)[O-]. The summed E-state index contributed by atoms with van der Waals surface area (Å²) in [6.07, 6.45) is -0.352. The van der Waals surface area contributed by atoms with Gasteiger partial charge in [0, 0.05) is 4.90 Å². The number of benzene rings is 1. The second-order valence-electron chi connectivity index (χ2n) is 3.43. The molecule has 0 saturated heterocycles. The van der Waals surface area contributed by atoms with Crippen LogP contribution in [0.25, 0.3) is 0 Å². The smallest absolute Gasteiger partial charge is 0.263 e. The highest BCUT2D eigenvalue weighted by Crippen LogP contribution is 2.17. The van der Waals surface area contributed by atoms with Crippen molar-refractivity contribution in [1.29, 1.82) is 0 Å². The molecule has 0 fully saturated rings. The van der Waals surface area contributed by atoms with Gasteiger partial charge in [-0.05, 0) is 37.1 Å². The van der Waals surface area contributed by atoms with Gasteiger partial charge in [-0.3, -0.25) is 9.05 Å². The topological polar surface area (TPSA) is 95.5 Å². The van der Waals surface area contributed by atoms with E-state index in [2.05, 4.69) is 0 Å². The van der Waals surface area contributed by atoms with E-state index in [0.29, 0.717) is 0 Å². The van der Waals surface area contributed by atoms with Crippen molar-refractivity contribution in [2.75, 3.05) is 0 Å². The van der Waals surface area contributed by atoms with Crippen molar-refractivity contribution in [1.82, 2.24) is 4.89 Å². The van der Waals surface area contributed by atoms with Crippen molar-refractivity contribution in [3.8, 4) is 0 Å². The maximum absolute atomic E-state index is 11.8. The molecule has 1 aromatic rings. The Bertz CT molecular complexity index is 512. The average molecular weight is 278 g/mol. The molecule has 0 saturated carbocycles. The Morgan fingerprint density at radius 3 is 2.47 bits per heavy atom. The molecule has 1 atom stereocenters. The van der Waals surface area contributed by atoms with Gasteiger partial charge in [0.25, 0.3) is 10.0 Å². The molecule has 0 aliphatic carbocycles. The first kappa shape index (κ1) is 14.3. The summed E-state index contributed by atoms with van der Waals surface area (Å²) in [7, 11) is -4.00. The monoisotopic (exact) mass is 278 g/mol. The Morgan fingerprint density at radius 1 is 1.35 bits per heavy atom. The van der Waals surface area contributed by atoms with E-state index < -0.39 is 21.1 Å². The normalized spacial score (nSPS) is 13.9. The Labute approximate surface area is 102 Å². The highest BCUT2D eigenvalue weighted by Gasteiger charge is 2.19. The maximum atomic E-state index is 11.8. The molecule has 0 radical (unpaired) electrons. The molecule has 6 nitrogen and oxygen atoms in total. The van der Waals surface area contributed by atoms with Crippen molar-refractivity contribution >= 4 is 21.1 Å². The van der Waals surface area contributed by atoms with Crippen molar-refractivity contribution in [3.63, 3.8) is 0 Å². The molecule has 96 valence electrons. The van der Waals surface area contributed by atoms with Gasteiger partial charge in [-0.25, -0.2) is 8.42 Å². The van der Waals surface area contributed by atoms with Crippen LogP contribution in [-0.4, -0.2) is 23.3 Å². The lowest BCUT2D eigenvalue weighted by Crippen LogP contribution is -2.28. The van der Waals surface area contributed by atoms with Gasteiger partial charge < -0.3 is 4.55 Å². The summed E-state index contributed by atoms with van der Waals surface area (Å²) in [5.74, 6) is 0. The zero-order chi connectivity index (χ0) is 13.1. The second kappa shape index (κ2) is 5.69. The van der Waals surface area contributed by atoms with Crippen LogP contribution in [-0.2, 0) is 25.9 Å². The van der Waals surface area contributed by atoms with Gasteiger partial charge in [0.2, 0.25) is 0 Å². The summed E-state index contributed by atoms with van der Waals surface area (Å²) in [5.41, 5.74) is 0. The number of rotatable bonds is 5. The average Bonchev–Trinajstić information content (AvgIpc) is 2.26. The van der Waals surface area contributed by atoms with Crippen LogP contribution in [0.15, 0.2) is 34.1 Å². The van der Waals surface area contributed by atoms with E-state index in [0.717, 1.165) is 0 Å². The molecule has 1 rings (SSSR count). The van der Waals surface area contributed by atoms with Crippen LogP contribution >= 0.6 is 0 Å². The molecular weight excluding hydrogens is 266 g/mol. The van der Waals surface area contributed by atoms with Crippen LogP contribution in [0.2, 0.25) is 0 Å². The van der Waals surface area contributed by atoms with Gasteiger partial charge in [0.15, 0.2) is 0 Å². The maximum Gasteiger partial charge on any atom is 0.263 e. The number of nitrogens with one attached hydrogen (secondary N) is 1. The van der Waals surface area contributed by atoms with Crippen LogP contribution in [0, 0.1) is 0 Å². The molecule has 17 heavy (non-hydrogen) atoms. The summed E-state index contributed by atoms with van der Waals surface area (Å²) in [4.78, 5) is 5.99. The number of hydrogen-bond donors (Lipinski definition) is 1. The van der Waals surface area contributed by atoms with E-state index >= 15 is 0 Å². The first-order valence-corrected chi connectivity index (χ1v) is 7.26. The Hall–Kier alpha value is -0.800. The third-order valence-corrected chi connectivity index (χ3v) is 3.81. The minimum atomic E-state index is -4.00. The van der Waals surface area contributed by atoms with Crippen molar-refractivity contribution in [3.05, 3.63) is 24.3 Å². The first-order valence-electron chi connectivity index (χ1n) is 4.70. The lowest BCUT2D eigenvalue weighted by molar-refractivity contribution is 0.0408. The fraction of sp³-hybridized carbons (Fsp3) is 0.333. The van der Waals surface area contributed by atoms with Crippen molar-refractivity contribution in [2.24, 2.45) is 0 Å². The molecule has 0 aromatic heterocycles. The number of hydrogen-bond acceptors (Lipinski definition) is 5. The van der Waals surface area contributed by atoms with Crippen LogP contribution in [0.1, 0.15) is 13.8 Å². The molecule has 0 amide bonds. The van der Waals surface area contributed by atoms with Crippen LogP contribution in [0.3, 0.4) is 0 Å². The van der Waals surface area contributed by atoms with Gasteiger partial charge in [-0.1, -0.05) is 17.0 Å². The predicted octanol–water partition coefficient (Wildman–Crippen LogP) is 0.543. The zero-order valence-electron chi connectivity index (χ0n) is 9.24. The number of sulfonamides is 1. The summed E-state index contributed by atoms with van der Waals surface area (Å²) in [5, 5.41) is 0. The molecule has 1 unspecified atom stereocenters. The highest BCUT2D eigenvalue weighted by molar-refractivity contribution is 7.90. The third-order valence-electron chi connectivity index (χ3n) is 1.71. The summed E-state index contributed by atoms with van der Waals surface area (Å²) >= 11 is -2.63. The second-order valence-corrected chi connectivity index (χ2v) is 5.96. The molecule has 8 heteroatoms. The molecule has 0 spiro atoms. The third kappa shape index (κ3) is 3.86. The van der Waals surface area contributed by atoms with Gasteiger partial charge >= 0.3 is 0 Å². The van der Waals surface area contributed by atoms with Crippen LogP contribution in [0.5, 0.6) is 0 Å². The lowest BCUT2D eigenvalue weighted by atomic mass is 10.4. The van der Waals surface area contributed by atoms with Crippen molar-refractivity contribution < 1.29 is 22.0 Å². The zero-order valence-corrected chi connectivity index (χ0v) is 10.9. The van der Waals surface area contributed by atoms with E-state index in [9.17, 15) is 17.2 Å². The standard InChI is InChI=1S/C9H13NO5S2/c1-7(2)15-10-17(13,14)9-6-4-3-5-8(9)16(11)12/h3-7,10H,1-2H3,(H,11,12)/p-1. The quantitative estimate of drug-likeness (QED) is 0.626. The summed E-state index contributed by atoms with van der Waals surface area (Å²) in [6, 6.07) is 5.26. The van der Waals surface area contributed by atoms with Gasteiger partial charge in [0.1, 0.15) is 0 Å². The van der Waals surface area contributed by atoms with Gasteiger partial charge in [-0.2, -0.15) is 0 Å². The van der Waals surface area contributed by atoms with E-state index in [1.54, 1.807) is 13.8 Å². The summed E-state index contributed by atoms with van der Waals surface area (Å²) < 4.78 is 45.3. The predicted molar refractivity (Wildman–Crippen MR) is 60.2 cm³/mol. The first-order chi connectivity index (χ1) is 7.84. The minimum Gasteiger partial charge on any atom is -0.768 e. The van der Waals surface area contributed by atoms with Crippen LogP contribution in [0.4, 0.5) is 0 Å². The van der Waals surface area contributed by atoms with E-state index in [4.69, 9.17) is 4.84 Å². The van der Waals surface area contributed by atoms with E-state index in [1.807, 2.05) is 4.89 Å². The molecule has 0 bridgehead atoms. The largest absolute Gasteiger partial charge is 0.768 e.